The van der Waals surface area contributed by atoms with Crippen molar-refractivity contribution in [2.45, 2.75) is 45.2 Å². The first kappa shape index (κ1) is 19.4. The van der Waals surface area contributed by atoms with Gasteiger partial charge in [0.1, 0.15) is 0 Å². The van der Waals surface area contributed by atoms with Crippen LogP contribution in [-0.2, 0) is 17.8 Å². The third-order valence-corrected chi connectivity index (χ3v) is 5.70. The van der Waals surface area contributed by atoms with E-state index in [1.165, 1.54) is 22.9 Å². The van der Waals surface area contributed by atoms with Crippen LogP contribution in [0, 0.1) is 6.92 Å². The van der Waals surface area contributed by atoms with Gasteiger partial charge in [-0.05, 0) is 31.9 Å². The Morgan fingerprint density at radius 1 is 1.24 bits per heavy atom. The summed E-state index contributed by atoms with van der Waals surface area (Å²) in [6.45, 7) is 4.32. The molecule has 1 aliphatic heterocycles. The Morgan fingerprint density at radius 3 is 2.90 bits per heavy atom. The second-order valence-electron chi connectivity index (χ2n) is 7.72. The average Bonchev–Trinajstić information content (AvgIpc) is 3.20. The van der Waals surface area contributed by atoms with Crippen molar-refractivity contribution in [3.8, 4) is 0 Å². The molecule has 1 amide bonds. The van der Waals surface area contributed by atoms with Crippen LogP contribution in [0.4, 0.5) is 0 Å². The smallest absolute Gasteiger partial charge is 0.276 e. The molecule has 1 saturated heterocycles. The van der Waals surface area contributed by atoms with Crippen molar-refractivity contribution in [2.75, 3.05) is 13.1 Å². The minimum atomic E-state index is -0.212. The molecule has 29 heavy (non-hydrogen) atoms. The number of nitrogens with zero attached hydrogens (tertiary/aromatic N) is 3. The number of amides is 1. The molecule has 3 heterocycles. The lowest BCUT2D eigenvalue weighted by Gasteiger charge is -2.36. The fourth-order valence-electron chi connectivity index (χ4n) is 4.08. The second kappa shape index (κ2) is 8.61. The summed E-state index contributed by atoms with van der Waals surface area (Å²) in [6.07, 6.45) is 5.15. The van der Waals surface area contributed by atoms with E-state index in [4.69, 9.17) is 0 Å². The molecule has 2 aromatic heterocycles. The predicted molar refractivity (Wildman–Crippen MR) is 112 cm³/mol. The lowest BCUT2D eigenvalue weighted by molar-refractivity contribution is -0.120. The molecular weight excluding hydrogens is 366 g/mol. The molecule has 7 nitrogen and oxygen atoms in total. The van der Waals surface area contributed by atoms with Gasteiger partial charge >= 0.3 is 0 Å². The molecule has 4 rings (SSSR count). The summed E-state index contributed by atoms with van der Waals surface area (Å²) in [5.41, 5.74) is 2.69. The lowest BCUT2D eigenvalue weighted by atomic mass is 10.0. The quantitative estimate of drug-likeness (QED) is 0.671. The number of likely N-dealkylation sites (tertiary alicyclic amines) is 1. The highest BCUT2D eigenvalue weighted by Gasteiger charge is 2.23. The van der Waals surface area contributed by atoms with Crippen molar-refractivity contribution in [1.29, 1.82) is 0 Å². The Bertz CT molecular complexity index is 1040. The third-order valence-electron chi connectivity index (χ3n) is 5.70. The van der Waals surface area contributed by atoms with Crippen LogP contribution in [0.3, 0.4) is 0 Å². The van der Waals surface area contributed by atoms with Crippen molar-refractivity contribution in [3.05, 3.63) is 69.8 Å². The van der Waals surface area contributed by atoms with E-state index in [-0.39, 0.29) is 17.9 Å². The lowest BCUT2D eigenvalue weighted by Crippen LogP contribution is -2.46. The van der Waals surface area contributed by atoms with Crippen molar-refractivity contribution in [2.24, 2.45) is 0 Å². The number of nitrogens with one attached hydrogen (secondary N) is 2. The van der Waals surface area contributed by atoms with Crippen molar-refractivity contribution >= 4 is 11.6 Å². The van der Waals surface area contributed by atoms with E-state index in [0.29, 0.717) is 29.5 Å². The highest BCUT2D eigenvalue weighted by Crippen LogP contribution is 2.19. The molecule has 0 radical (unpaired) electrons. The highest BCUT2D eigenvalue weighted by molar-refractivity contribution is 5.78. The van der Waals surface area contributed by atoms with E-state index in [2.05, 4.69) is 44.6 Å². The predicted octanol–water partition coefficient (Wildman–Crippen LogP) is 2.04. The monoisotopic (exact) mass is 393 g/mol. The summed E-state index contributed by atoms with van der Waals surface area (Å²) >= 11 is 0. The number of piperidine rings is 1. The summed E-state index contributed by atoms with van der Waals surface area (Å²) < 4.78 is 1.37. The van der Waals surface area contributed by atoms with E-state index in [0.717, 1.165) is 19.5 Å². The molecule has 0 saturated carbocycles. The van der Waals surface area contributed by atoms with Gasteiger partial charge in [0.15, 0.2) is 5.65 Å². The fraction of sp³-hybridized carbons (Fsp3) is 0.409. The molecule has 7 heteroatoms. The molecule has 1 fully saturated rings. The van der Waals surface area contributed by atoms with Gasteiger partial charge in [0.2, 0.25) is 5.91 Å². The molecule has 2 N–H and O–H groups in total. The summed E-state index contributed by atoms with van der Waals surface area (Å²) in [4.78, 5) is 32.0. The zero-order valence-corrected chi connectivity index (χ0v) is 16.7. The number of carbonyl (C=O) groups is 1. The zero-order valence-electron chi connectivity index (χ0n) is 16.7. The topological polar surface area (TPSA) is 82.5 Å². The molecule has 0 spiro atoms. The Kier molecular flexibility index (Phi) is 5.76. The number of hydrogen-bond acceptors (Lipinski definition) is 4. The summed E-state index contributed by atoms with van der Waals surface area (Å²) in [5.74, 6) is -0.135. The van der Waals surface area contributed by atoms with Crippen molar-refractivity contribution in [3.63, 3.8) is 0 Å². The number of carbonyl (C=O) groups excluding carboxylic acids is 1. The van der Waals surface area contributed by atoms with Crippen molar-refractivity contribution in [1.82, 2.24) is 24.8 Å². The summed E-state index contributed by atoms with van der Waals surface area (Å²) in [5, 5.41) is 5.89. The first-order chi connectivity index (χ1) is 14.1. The normalized spacial score (nSPS) is 17.5. The second-order valence-corrected chi connectivity index (χ2v) is 7.72. The van der Waals surface area contributed by atoms with Crippen LogP contribution in [0.2, 0.25) is 0 Å². The maximum atomic E-state index is 12.6. The van der Waals surface area contributed by atoms with Crippen LogP contribution in [-0.4, -0.2) is 44.5 Å². The fourth-order valence-corrected chi connectivity index (χ4v) is 4.08. The van der Waals surface area contributed by atoms with Crippen LogP contribution in [0.5, 0.6) is 0 Å². The number of aryl methyl sites for hydroxylation is 1. The van der Waals surface area contributed by atoms with Gasteiger partial charge in [-0.25, -0.2) is 9.50 Å². The Morgan fingerprint density at radius 2 is 2.07 bits per heavy atom. The third kappa shape index (κ3) is 4.40. The van der Waals surface area contributed by atoms with E-state index in [1.54, 1.807) is 19.2 Å². The first-order valence-electron chi connectivity index (χ1n) is 10.2. The molecule has 1 unspecified atom stereocenters. The minimum Gasteiger partial charge on any atom is -0.354 e. The number of benzene rings is 1. The van der Waals surface area contributed by atoms with Crippen LogP contribution in [0.15, 0.2) is 47.4 Å². The minimum absolute atomic E-state index is 0.0467. The number of H-pyrrole nitrogens is 1. The Hall–Kier alpha value is -2.93. The van der Waals surface area contributed by atoms with E-state index in [9.17, 15) is 9.59 Å². The maximum Gasteiger partial charge on any atom is 0.276 e. The van der Waals surface area contributed by atoms with Crippen LogP contribution < -0.4 is 10.9 Å². The number of fused-ring (bicyclic) bond motifs is 1. The number of aromatic nitrogens is 3. The van der Waals surface area contributed by atoms with Gasteiger partial charge in [-0.15, -0.1) is 0 Å². The average molecular weight is 393 g/mol. The van der Waals surface area contributed by atoms with Gasteiger partial charge in [0, 0.05) is 42.7 Å². The molecule has 0 bridgehead atoms. The molecule has 0 aliphatic carbocycles. The van der Waals surface area contributed by atoms with Gasteiger partial charge in [-0.3, -0.25) is 19.6 Å². The van der Waals surface area contributed by atoms with E-state index in [1.807, 2.05) is 6.07 Å². The SMILES string of the molecule is Cc1nc2cc[nH]n2c(=O)c1CC(=O)NCC1CCCCN1Cc1ccccc1. The molecule has 152 valence electrons. The van der Waals surface area contributed by atoms with Gasteiger partial charge in [-0.2, -0.15) is 0 Å². The number of rotatable bonds is 6. The standard InChI is InChI=1S/C22H27N5O2/c1-16-19(22(29)27-20(25-16)10-11-24-27)13-21(28)23-14-18-9-5-6-12-26(18)15-17-7-3-2-4-8-17/h2-4,7-8,10-11,18,24H,5-6,9,12-15H2,1H3,(H,23,28). The van der Waals surface area contributed by atoms with Crippen LogP contribution in [0.25, 0.3) is 5.65 Å². The van der Waals surface area contributed by atoms with Crippen molar-refractivity contribution < 1.29 is 4.79 Å². The largest absolute Gasteiger partial charge is 0.354 e. The highest BCUT2D eigenvalue weighted by atomic mass is 16.2. The van der Waals surface area contributed by atoms with Crippen LogP contribution in [0.1, 0.15) is 36.1 Å². The van der Waals surface area contributed by atoms with Gasteiger partial charge in [0.05, 0.1) is 6.42 Å². The molecule has 1 aliphatic rings. The molecule has 3 aromatic rings. The summed E-state index contributed by atoms with van der Waals surface area (Å²) in [7, 11) is 0. The van der Waals surface area contributed by atoms with Gasteiger partial charge < -0.3 is 5.32 Å². The van der Waals surface area contributed by atoms with E-state index >= 15 is 0 Å². The summed E-state index contributed by atoms with van der Waals surface area (Å²) in [6, 6.07) is 12.5. The van der Waals surface area contributed by atoms with Gasteiger partial charge in [0.25, 0.3) is 5.56 Å². The van der Waals surface area contributed by atoms with Crippen LogP contribution >= 0.6 is 0 Å². The Balaban J connectivity index is 1.39. The molecule has 1 aromatic carbocycles. The van der Waals surface area contributed by atoms with E-state index < -0.39 is 0 Å². The molecular formula is C22H27N5O2. The number of hydrogen-bond donors (Lipinski definition) is 2. The zero-order chi connectivity index (χ0) is 20.2. The maximum absolute atomic E-state index is 12.6. The van der Waals surface area contributed by atoms with Gasteiger partial charge in [-0.1, -0.05) is 36.8 Å². The number of aromatic amines is 1. The Labute approximate surface area is 169 Å². The molecule has 1 atom stereocenters. The first-order valence-corrected chi connectivity index (χ1v) is 10.2.